The van der Waals surface area contributed by atoms with E-state index in [9.17, 15) is 9.59 Å². The number of allylic oxidation sites excluding steroid dienone is 2. The molecule has 190 valence electrons. The van der Waals surface area contributed by atoms with Crippen molar-refractivity contribution in [3.8, 4) is 5.69 Å². The van der Waals surface area contributed by atoms with E-state index in [1.165, 1.54) is 0 Å². The maximum absolute atomic E-state index is 14.2. The summed E-state index contributed by atoms with van der Waals surface area (Å²) in [6.45, 7) is 4.32. The molecule has 0 radical (unpaired) electrons. The Morgan fingerprint density at radius 3 is 2.50 bits per heavy atom. The molecule has 0 spiro atoms. The van der Waals surface area contributed by atoms with Crippen LogP contribution in [0.5, 0.6) is 0 Å². The second kappa shape index (κ2) is 9.59. The van der Waals surface area contributed by atoms with Crippen LogP contribution < -0.4 is 11.0 Å². The zero-order valence-corrected chi connectivity index (χ0v) is 21.0. The fraction of sp³-hybridized carbons (Fsp3) is 0.207. The van der Waals surface area contributed by atoms with Gasteiger partial charge in [0.1, 0.15) is 5.82 Å². The molecule has 0 bridgehead atoms. The molecule has 2 aliphatic rings. The van der Waals surface area contributed by atoms with Crippen LogP contribution in [0.15, 0.2) is 93.9 Å². The molecule has 6 rings (SSSR count). The quantitative estimate of drug-likeness (QED) is 0.411. The zero-order chi connectivity index (χ0) is 26.2. The number of dihydropyridines is 1. The van der Waals surface area contributed by atoms with E-state index >= 15 is 0 Å². The second-order valence-corrected chi connectivity index (χ2v) is 9.17. The second-order valence-electron chi connectivity index (χ2n) is 9.17. The van der Waals surface area contributed by atoms with Crippen LogP contribution in [0.3, 0.4) is 0 Å². The molecule has 4 aromatic rings. The zero-order valence-electron chi connectivity index (χ0n) is 21.0. The maximum atomic E-state index is 14.2. The molecule has 0 aliphatic carbocycles. The summed E-state index contributed by atoms with van der Waals surface area (Å²) in [6.07, 6.45) is 5.55. The number of nitrogens with zero attached hydrogens (tertiary/aromatic N) is 5. The van der Waals surface area contributed by atoms with Gasteiger partial charge in [-0.05, 0) is 37.6 Å². The summed E-state index contributed by atoms with van der Waals surface area (Å²) >= 11 is 0. The molecule has 1 N–H and O–H groups in total. The van der Waals surface area contributed by atoms with Gasteiger partial charge in [-0.25, -0.2) is 18.6 Å². The molecule has 4 heterocycles. The van der Waals surface area contributed by atoms with Crippen molar-refractivity contribution in [2.24, 2.45) is 4.99 Å². The molecular weight excluding hydrogens is 480 g/mol. The lowest BCUT2D eigenvalue weighted by molar-refractivity contribution is -0.138. The highest BCUT2D eigenvalue weighted by Gasteiger charge is 2.38. The standard InChI is InChI=1S/C29H26N6O3/c1-3-38-28(36)22-18(2)31-26-24(23(22)19-11-6-4-7-12-19)27-33-32-25(20-13-10-16-30-17-20)35(27)29(37)34(26)21-14-8-5-9-15-21/h4-16,20,23,31H,3,17H2,1-2H3. The first-order chi connectivity index (χ1) is 18.6. The Morgan fingerprint density at radius 1 is 1.08 bits per heavy atom. The average molecular weight is 507 g/mol. The van der Waals surface area contributed by atoms with Crippen molar-refractivity contribution in [1.82, 2.24) is 19.2 Å². The van der Waals surface area contributed by atoms with Crippen LogP contribution in [0.4, 0.5) is 5.82 Å². The number of para-hydroxylation sites is 1. The maximum Gasteiger partial charge on any atom is 0.341 e. The molecule has 2 unspecified atom stereocenters. The van der Waals surface area contributed by atoms with Crippen molar-refractivity contribution in [2.45, 2.75) is 25.7 Å². The van der Waals surface area contributed by atoms with Gasteiger partial charge in [-0.2, -0.15) is 0 Å². The summed E-state index contributed by atoms with van der Waals surface area (Å²) in [7, 11) is 0. The Labute approximate surface area is 218 Å². The van der Waals surface area contributed by atoms with Gasteiger partial charge in [0.25, 0.3) is 0 Å². The minimum absolute atomic E-state index is 0.210. The molecular formula is C29H26N6O3. The minimum atomic E-state index is -0.540. The lowest BCUT2D eigenvalue weighted by Crippen LogP contribution is -2.35. The van der Waals surface area contributed by atoms with E-state index in [1.807, 2.05) is 79.7 Å². The molecule has 2 aliphatic heterocycles. The number of hydrogen-bond donors (Lipinski definition) is 1. The SMILES string of the molecule is CCOC(=O)C1=C(C)Nc2c(c3nnc(C4C=CC=NC4)n3c(=O)n2-c2ccccc2)C1c1ccccc1. The van der Waals surface area contributed by atoms with Crippen LogP contribution in [0, 0.1) is 0 Å². The molecule has 0 saturated carbocycles. The van der Waals surface area contributed by atoms with Crippen LogP contribution in [-0.2, 0) is 9.53 Å². The van der Waals surface area contributed by atoms with E-state index in [4.69, 9.17) is 4.74 Å². The Balaban J connectivity index is 1.73. The molecule has 9 nitrogen and oxygen atoms in total. The number of carbonyl (C=O) groups is 1. The molecule has 0 amide bonds. The summed E-state index contributed by atoms with van der Waals surface area (Å²) in [5.74, 6) is -0.123. The number of ether oxygens (including phenoxy) is 1. The monoisotopic (exact) mass is 506 g/mol. The van der Waals surface area contributed by atoms with Gasteiger partial charge >= 0.3 is 11.7 Å². The van der Waals surface area contributed by atoms with Crippen molar-refractivity contribution < 1.29 is 9.53 Å². The fourth-order valence-corrected chi connectivity index (χ4v) is 5.24. The Morgan fingerprint density at radius 2 is 1.82 bits per heavy atom. The third kappa shape index (κ3) is 3.75. The largest absolute Gasteiger partial charge is 0.463 e. The lowest BCUT2D eigenvalue weighted by atomic mass is 9.82. The Kier molecular flexibility index (Phi) is 5.95. The topological polar surface area (TPSA) is 103 Å². The number of benzene rings is 2. The lowest BCUT2D eigenvalue weighted by Gasteiger charge is -2.32. The van der Waals surface area contributed by atoms with E-state index in [0.717, 1.165) is 5.56 Å². The predicted octanol–water partition coefficient (Wildman–Crippen LogP) is 4.00. The van der Waals surface area contributed by atoms with Gasteiger partial charge in [-0.3, -0.25) is 4.99 Å². The van der Waals surface area contributed by atoms with E-state index in [0.29, 0.717) is 46.4 Å². The number of fused-ring (bicyclic) bond motifs is 3. The third-order valence-electron chi connectivity index (χ3n) is 6.89. The summed E-state index contributed by atoms with van der Waals surface area (Å²) in [6, 6.07) is 19.1. The number of anilines is 1. The van der Waals surface area contributed by atoms with Gasteiger partial charge < -0.3 is 10.1 Å². The van der Waals surface area contributed by atoms with Crippen molar-refractivity contribution in [3.63, 3.8) is 0 Å². The van der Waals surface area contributed by atoms with Crippen LogP contribution in [0.2, 0.25) is 0 Å². The number of hydrogen-bond acceptors (Lipinski definition) is 7. The van der Waals surface area contributed by atoms with Crippen LogP contribution >= 0.6 is 0 Å². The normalized spacial score (nSPS) is 18.4. The smallest absolute Gasteiger partial charge is 0.341 e. The molecule has 0 fully saturated rings. The molecule has 2 atom stereocenters. The van der Waals surface area contributed by atoms with Gasteiger partial charge in [0.15, 0.2) is 11.5 Å². The molecule has 2 aromatic heterocycles. The molecule has 2 aromatic carbocycles. The number of carbonyl (C=O) groups excluding carboxylic acids is 1. The van der Waals surface area contributed by atoms with Crippen molar-refractivity contribution >= 4 is 23.6 Å². The first-order valence-corrected chi connectivity index (χ1v) is 12.6. The van der Waals surface area contributed by atoms with Crippen molar-refractivity contribution in [2.75, 3.05) is 18.5 Å². The highest BCUT2D eigenvalue weighted by atomic mass is 16.5. The summed E-state index contributed by atoms with van der Waals surface area (Å²) in [5, 5.41) is 12.4. The van der Waals surface area contributed by atoms with Gasteiger partial charge in [0.05, 0.1) is 41.8 Å². The van der Waals surface area contributed by atoms with Crippen LogP contribution in [-0.4, -0.2) is 44.5 Å². The van der Waals surface area contributed by atoms with Gasteiger partial charge in [0.2, 0.25) is 0 Å². The minimum Gasteiger partial charge on any atom is -0.463 e. The van der Waals surface area contributed by atoms with Crippen LogP contribution in [0.1, 0.15) is 42.6 Å². The summed E-state index contributed by atoms with van der Waals surface area (Å²) < 4.78 is 8.69. The van der Waals surface area contributed by atoms with Crippen LogP contribution in [0.25, 0.3) is 11.3 Å². The van der Waals surface area contributed by atoms with E-state index in [-0.39, 0.29) is 18.2 Å². The highest BCUT2D eigenvalue weighted by Crippen LogP contribution is 2.44. The summed E-state index contributed by atoms with van der Waals surface area (Å²) in [4.78, 5) is 31.9. The first kappa shape index (κ1) is 23.6. The van der Waals surface area contributed by atoms with E-state index in [2.05, 4.69) is 20.5 Å². The molecule has 38 heavy (non-hydrogen) atoms. The van der Waals surface area contributed by atoms with Gasteiger partial charge in [0, 0.05) is 11.9 Å². The van der Waals surface area contributed by atoms with E-state index in [1.54, 1.807) is 22.1 Å². The van der Waals surface area contributed by atoms with Gasteiger partial charge in [-0.1, -0.05) is 54.6 Å². The number of aromatic nitrogens is 4. The average Bonchev–Trinajstić information content (AvgIpc) is 3.40. The first-order valence-electron chi connectivity index (χ1n) is 12.6. The predicted molar refractivity (Wildman–Crippen MR) is 145 cm³/mol. The molecule has 9 heteroatoms. The summed E-state index contributed by atoms with van der Waals surface area (Å²) in [5.41, 5.74) is 3.41. The number of aliphatic imine (C=N–C) groups is 1. The Hall–Kier alpha value is -4.79. The number of esters is 1. The molecule has 0 saturated heterocycles. The van der Waals surface area contributed by atoms with E-state index < -0.39 is 11.9 Å². The van der Waals surface area contributed by atoms with Crippen molar-refractivity contribution in [1.29, 1.82) is 0 Å². The highest BCUT2D eigenvalue weighted by molar-refractivity contribution is 5.95. The number of rotatable bonds is 5. The van der Waals surface area contributed by atoms with Gasteiger partial charge in [-0.15, -0.1) is 10.2 Å². The van der Waals surface area contributed by atoms with Crippen molar-refractivity contribution in [3.05, 3.63) is 112 Å². The Bertz CT molecular complexity index is 1680. The third-order valence-corrected chi connectivity index (χ3v) is 6.89. The fourth-order valence-electron chi connectivity index (χ4n) is 5.24. The number of nitrogens with one attached hydrogen (secondary N) is 1.